The van der Waals surface area contributed by atoms with E-state index in [0.29, 0.717) is 36.6 Å². The zero-order valence-electron chi connectivity index (χ0n) is 19.9. The molecule has 3 rings (SSSR count). The van der Waals surface area contributed by atoms with E-state index in [4.69, 9.17) is 9.47 Å². The molecule has 0 saturated carbocycles. The molecule has 1 fully saturated rings. The van der Waals surface area contributed by atoms with Crippen LogP contribution >= 0.6 is 0 Å². The van der Waals surface area contributed by atoms with Crippen LogP contribution in [0.25, 0.3) is 0 Å². The molecule has 0 aliphatic carbocycles. The smallest absolute Gasteiger partial charge is 0.343 e. The summed E-state index contributed by atoms with van der Waals surface area (Å²) in [6.45, 7) is 2.48. The van der Waals surface area contributed by atoms with Crippen LogP contribution in [0.2, 0.25) is 0 Å². The molecule has 2 aromatic carbocycles. The van der Waals surface area contributed by atoms with Crippen molar-refractivity contribution >= 4 is 23.5 Å². The van der Waals surface area contributed by atoms with Crippen molar-refractivity contribution in [3.8, 4) is 11.5 Å². The van der Waals surface area contributed by atoms with Crippen LogP contribution in [-0.4, -0.2) is 50.1 Å². The third-order valence-electron chi connectivity index (χ3n) is 5.96. The average Bonchev–Trinajstić information content (AvgIpc) is 2.87. The lowest BCUT2D eigenvalue weighted by Gasteiger charge is -2.41. The van der Waals surface area contributed by atoms with Crippen molar-refractivity contribution in [2.45, 2.75) is 38.6 Å². The Morgan fingerprint density at radius 2 is 1.82 bits per heavy atom. The summed E-state index contributed by atoms with van der Waals surface area (Å²) in [5.41, 5.74) is 1.44. The summed E-state index contributed by atoms with van der Waals surface area (Å²) in [7, 11) is 2.89. The first kappa shape index (κ1) is 25.1. The predicted octanol–water partition coefficient (Wildman–Crippen LogP) is 3.97. The molecule has 0 aromatic heterocycles. The van der Waals surface area contributed by atoms with Gasteiger partial charge in [0.1, 0.15) is 11.5 Å². The number of nitrogens with one attached hydrogen (secondary N) is 1. The normalized spacial score (nSPS) is 17.7. The molecule has 8 heteroatoms. The highest BCUT2D eigenvalue weighted by Crippen LogP contribution is 2.41. The summed E-state index contributed by atoms with van der Waals surface area (Å²) in [4.78, 5) is 39.4. The Labute approximate surface area is 200 Å². The maximum absolute atomic E-state index is 13.4. The van der Waals surface area contributed by atoms with Gasteiger partial charge >= 0.3 is 5.97 Å². The molecule has 2 unspecified atom stereocenters. The van der Waals surface area contributed by atoms with Gasteiger partial charge in [-0.1, -0.05) is 31.5 Å². The second kappa shape index (κ2) is 12.1. The van der Waals surface area contributed by atoms with Gasteiger partial charge in [-0.2, -0.15) is 0 Å². The van der Waals surface area contributed by atoms with Gasteiger partial charge in [0, 0.05) is 24.2 Å². The highest BCUT2D eigenvalue weighted by molar-refractivity contribution is 5.95. The molecule has 34 heavy (non-hydrogen) atoms. The van der Waals surface area contributed by atoms with E-state index < -0.39 is 17.9 Å². The van der Waals surface area contributed by atoms with E-state index in [1.165, 1.54) is 7.11 Å². The number of likely N-dealkylation sites (tertiary alicyclic amines) is 1. The van der Waals surface area contributed by atoms with Gasteiger partial charge in [0.25, 0.3) is 0 Å². The van der Waals surface area contributed by atoms with Crippen LogP contribution in [0.3, 0.4) is 0 Å². The first-order valence-electron chi connectivity index (χ1n) is 11.5. The van der Waals surface area contributed by atoms with Crippen molar-refractivity contribution < 1.29 is 28.6 Å². The molecule has 1 saturated heterocycles. The number of piperidine rings is 1. The number of para-hydroxylation sites is 1. The topological polar surface area (TPSA) is 94.2 Å². The Morgan fingerprint density at radius 3 is 2.50 bits per heavy atom. The van der Waals surface area contributed by atoms with Gasteiger partial charge in [-0.25, -0.2) is 4.79 Å². The van der Waals surface area contributed by atoms with Crippen LogP contribution in [0.1, 0.15) is 44.2 Å². The summed E-state index contributed by atoms with van der Waals surface area (Å²) < 4.78 is 15.5. The minimum atomic E-state index is -0.473. The number of nitrogens with zero attached hydrogens (tertiary/aromatic N) is 1. The van der Waals surface area contributed by atoms with Gasteiger partial charge in [0.2, 0.25) is 11.8 Å². The fraction of sp³-hybridized carbons (Fsp3) is 0.423. The predicted molar refractivity (Wildman–Crippen MR) is 128 cm³/mol. The van der Waals surface area contributed by atoms with Crippen LogP contribution < -0.4 is 14.8 Å². The molecule has 182 valence electrons. The molecule has 2 atom stereocenters. The van der Waals surface area contributed by atoms with Gasteiger partial charge in [-0.05, 0) is 43.2 Å². The molecule has 1 N–H and O–H groups in total. The maximum Gasteiger partial charge on any atom is 0.343 e. The Morgan fingerprint density at radius 1 is 1.09 bits per heavy atom. The summed E-state index contributed by atoms with van der Waals surface area (Å²) in [6, 6.07) is 13.9. The van der Waals surface area contributed by atoms with Crippen molar-refractivity contribution in [3.63, 3.8) is 0 Å². The lowest BCUT2D eigenvalue weighted by molar-refractivity contribution is -0.143. The number of carbonyl (C=O) groups excluding carboxylic acids is 3. The van der Waals surface area contributed by atoms with Crippen molar-refractivity contribution in [1.82, 2.24) is 4.90 Å². The van der Waals surface area contributed by atoms with Crippen molar-refractivity contribution in [3.05, 3.63) is 54.1 Å². The van der Waals surface area contributed by atoms with Gasteiger partial charge in [-0.3, -0.25) is 9.59 Å². The van der Waals surface area contributed by atoms with Crippen LogP contribution in [0.4, 0.5) is 5.69 Å². The molecule has 1 aliphatic rings. The second-order valence-electron chi connectivity index (χ2n) is 8.15. The van der Waals surface area contributed by atoms with E-state index in [1.807, 2.05) is 29.2 Å². The highest BCUT2D eigenvalue weighted by Gasteiger charge is 2.41. The number of hydrogen-bond acceptors (Lipinski definition) is 6. The molecule has 0 spiro atoms. The Balaban J connectivity index is 1.81. The lowest BCUT2D eigenvalue weighted by atomic mass is 9.83. The van der Waals surface area contributed by atoms with E-state index in [0.717, 1.165) is 18.4 Å². The summed E-state index contributed by atoms with van der Waals surface area (Å²) in [5.74, 6) is 0.145. The number of esters is 1. The number of methoxy groups -OCH3 is 2. The zero-order valence-corrected chi connectivity index (χ0v) is 19.9. The number of rotatable bonds is 10. The van der Waals surface area contributed by atoms with Crippen LogP contribution in [0.5, 0.6) is 11.5 Å². The van der Waals surface area contributed by atoms with E-state index in [-0.39, 0.29) is 18.4 Å². The molecular weight excluding hydrogens is 436 g/mol. The fourth-order valence-electron chi connectivity index (χ4n) is 4.19. The first-order valence-corrected chi connectivity index (χ1v) is 11.5. The van der Waals surface area contributed by atoms with Crippen molar-refractivity contribution in [2.24, 2.45) is 5.92 Å². The minimum Gasteiger partial charge on any atom is -0.496 e. The SMILES string of the molecule is CCCCN1C(=O)CCC(C(=O)Nc2ccc(OCC(=O)OC)cc2)C1c1ccccc1OC. The Bertz CT molecular complexity index is 991. The van der Waals surface area contributed by atoms with Gasteiger partial charge < -0.3 is 24.4 Å². The van der Waals surface area contributed by atoms with E-state index in [2.05, 4.69) is 17.0 Å². The summed E-state index contributed by atoms with van der Waals surface area (Å²) in [5, 5.41) is 2.98. The average molecular weight is 469 g/mol. The van der Waals surface area contributed by atoms with Crippen molar-refractivity contribution in [1.29, 1.82) is 0 Å². The number of hydrogen-bond donors (Lipinski definition) is 1. The maximum atomic E-state index is 13.4. The summed E-state index contributed by atoms with van der Waals surface area (Å²) in [6.07, 6.45) is 2.59. The largest absolute Gasteiger partial charge is 0.496 e. The van der Waals surface area contributed by atoms with Gasteiger partial charge in [0.15, 0.2) is 6.61 Å². The zero-order chi connectivity index (χ0) is 24.5. The molecule has 2 aromatic rings. The molecule has 0 bridgehead atoms. The van der Waals surface area contributed by atoms with Crippen molar-refractivity contribution in [2.75, 3.05) is 32.7 Å². The van der Waals surface area contributed by atoms with E-state index >= 15 is 0 Å². The van der Waals surface area contributed by atoms with E-state index in [9.17, 15) is 14.4 Å². The Kier molecular flexibility index (Phi) is 8.90. The first-order chi connectivity index (χ1) is 16.5. The molecule has 8 nitrogen and oxygen atoms in total. The summed E-state index contributed by atoms with van der Waals surface area (Å²) >= 11 is 0. The number of ether oxygens (including phenoxy) is 3. The second-order valence-corrected chi connectivity index (χ2v) is 8.15. The number of carbonyl (C=O) groups is 3. The van der Waals surface area contributed by atoms with E-state index in [1.54, 1.807) is 31.4 Å². The number of amides is 2. The number of unbranched alkanes of at least 4 members (excludes halogenated alkanes) is 1. The van der Waals surface area contributed by atoms with Gasteiger partial charge in [-0.15, -0.1) is 0 Å². The third-order valence-corrected chi connectivity index (χ3v) is 5.96. The Hall–Kier alpha value is -3.55. The molecule has 0 radical (unpaired) electrons. The monoisotopic (exact) mass is 468 g/mol. The van der Waals surface area contributed by atoms with Gasteiger partial charge in [0.05, 0.1) is 26.2 Å². The van der Waals surface area contributed by atoms with Crippen LogP contribution in [0, 0.1) is 5.92 Å². The number of anilines is 1. The lowest BCUT2D eigenvalue weighted by Crippen LogP contribution is -2.47. The fourth-order valence-corrected chi connectivity index (χ4v) is 4.19. The quantitative estimate of drug-likeness (QED) is 0.531. The minimum absolute atomic E-state index is 0.0560. The molecule has 2 amide bonds. The standard InChI is InChI=1S/C26H32N2O6/c1-4-5-16-28-23(29)15-14-21(25(28)20-8-6-7-9-22(20)32-2)26(31)27-18-10-12-19(13-11-18)34-17-24(30)33-3/h6-13,21,25H,4-5,14-17H2,1-3H3,(H,27,31). The molecule has 1 aliphatic heterocycles. The highest BCUT2D eigenvalue weighted by atomic mass is 16.6. The third kappa shape index (κ3) is 6.07. The van der Waals surface area contributed by atoms with Crippen LogP contribution in [-0.2, 0) is 19.1 Å². The number of benzene rings is 2. The molecule has 1 heterocycles. The van der Waals surface area contributed by atoms with Crippen LogP contribution in [0.15, 0.2) is 48.5 Å². The molecular formula is C26H32N2O6.